The Morgan fingerprint density at radius 2 is 2.04 bits per heavy atom. The quantitative estimate of drug-likeness (QED) is 0.440. The molecule has 0 spiro atoms. The molecule has 3 aromatic rings. The molecule has 0 saturated carbocycles. The van der Waals surface area contributed by atoms with Crippen LogP contribution in [0.2, 0.25) is 5.02 Å². The van der Waals surface area contributed by atoms with Gasteiger partial charge in [-0.05, 0) is 43.5 Å². The Bertz CT molecular complexity index is 892. The first kappa shape index (κ1) is 17.1. The second-order valence-electron chi connectivity index (χ2n) is 5.15. The summed E-state index contributed by atoms with van der Waals surface area (Å²) in [5.41, 5.74) is 1.98. The Labute approximate surface area is 155 Å². The summed E-state index contributed by atoms with van der Waals surface area (Å²) in [6.07, 6.45) is 0.728. The van der Waals surface area contributed by atoms with Crippen molar-refractivity contribution in [1.29, 1.82) is 0 Å². The molecule has 0 atom stereocenters. The number of aryl methyl sites for hydroxylation is 1. The molecule has 2 heterocycles. The van der Waals surface area contributed by atoms with Gasteiger partial charge >= 0.3 is 5.82 Å². The van der Waals surface area contributed by atoms with E-state index in [0.717, 1.165) is 22.7 Å². The average molecular weight is 428 g/mol. The van der Waals surface area contributed by atoms with Gasteiger partial charge in [0.05, 0.1) is 17.2 Å². The van der Waals surface area contributed by atoms with Crippen LogP contribution in [0, 0.1) is 17.0 Å². The molecule has 0 bridgehead atoms. The Morgan fingerprint density at radius 3 is 2.67 bits per heavy atom. The summed E-state index contributed by atoms with van der Waals surface area (Å²) in [4.78, 5) is 19.0. The fourth-order valence-electron chi connectivity index (χ4n) is 2.26. The highest BCUT2D eigenvalue weighted by Gasteiger charge is 2.23. The lowest BCUT2D eigenvalue weighted by Crippen LogP contribution is -2.03. The number of hydrogen-bond acceptors (Lipinski definition) is 5. The smallest absolute Gasteiger partial charge is 0.358 e. The highest BCUT2D eigenvalue weighted by atomic mass is 79.9. The van der Waals surface area contributed by atoms with Gasteiger partial charge < -0.3 is 10.1 Å². The summed E-state index contributed by atoms with van der Waals surface area (Å²) < 4.78 is 2.09. The first-order valence-electron chi connectivity index (χ1n) is 6.99. The van der Waals surface area contributed by atoms with E-state index in [9.17, 15) is 10.1 Å². The summed E-state index contributed by atoms with van der Waals surface area (Å²) in [6.45, 7) is 2.17. The van der Waals surface area contributed by atoms with Crippen LogP contribution >= 0.6 is 38.9 Å². The van der Waals surface area contributed by atoms with Crippen LogP contribution in [-0.4, -0.2) is 19.5 Å². The average Bonchev–Trinajstić information content (AvgIpc) is 3.09. The molecule has 0 aliphatic carbocycles. The molecule has 6 nitrogen and oxygen atoms in total. The van der Waals surface area contributed by atoms with Gasteiger partial charge in [0.15, 0.2) is 4.60 Å². The van der Waals surface area contributed by atoms with Gasteiger partial charge in [0.2, 0.25) is 5.82 Å². The van der Waals surface area contributed by atoms with Gasteiger partial charge in [0.25, 0.3) is 0 Å². The first-order chi connectivity index (χ1) is 11.4. The topological polar surface area (TPSA) is 73.8 Å². The zero-order chi connectivity index (χ0) is 17.3. The maximum Gasteiger partial charge on any atom is 0.396 e. The molecule has 124 valence electrons. The second kappa shape index (κ2) is 7.00. The van der Waals surface area contributed by atoms with E-state index in [1.807, 2.05) is 29.6 Å². The molecular formula is C15H12BrClN4O2S. The molecule has 0 aliphatic heterocycles. The summed E-state index contributed by atoms with van der Waals surface area (Å²) in [7, 11) is 0. The third kappa shape index (κ3) is 3.66. The normalized spacial score (nSPS) is 11.0. The van der Waals surface area contributed by atoms with E-state index in [0.29, 0.717) is 22.0 Å². The van der Waals surface area contributed by atoms with Gasteiger partial charge in [-0.3, -0.25) is 4.57 Å². The van der Waals surface area contributed by atoms with Crippen molar-refractivity contribution in [2.45, 2.75) is 19.9 Å². The van der Waals surface area contributed by atoms with Gasteiger partial charge in [-0.25, -0.2) is 4.98 Å². The van der Waals surface area contributed by atoms with Crippen LogP contribution in [0.4, 0.5) is 5.82 Å². The van der Waals surface area contributed by atoms with Crippen molar-refractivity contribution in [1.82, 2.24) is 14.5 Å². The number of halogens is 2. The zero-order valence-corrected chi connectivity index (χ0v) is 15.7. The summed E-state index contributed by atoms with van der Waals surface area (Å²) in [6, 6.07) is 7.67. The molecule has 0 aliphatic rings. The van der Waals surface area contributed by atoms with Crippen LogP contribution in [0.1, 0.15) is 22.1 Å². The minimum atomic E-state index is -0.499. The molecule has 3 rings (SSSR count). The first-order valence-corrected chi connectivity index (χ1v) is 9.04. The van der Waals surface area contributed by atoms with Crippen molar-refractivity contribution in [3.63, 3.8) is 0 Å². The van der Waals surface area contributed by atoms with Crippen molar-refractivity contribution in [3.8, 4) is 0 Å². The van der Waals surface area contributed by atoms with Crippen molar-refractivity contribution in [2.75, 3.05) is 0 Å². The van der Waals surface area contributed by atoms with Gasteiger partial charge in [0.1, 0.15) is 0 Å². The van der Waals surface area contributed by atoms with Crippen LogP contribution in [0.5, 0.6) is 0 Å². The predicted octanol–water partition coefficient (Wildman–Crippen LogP) is 4.61. The molecule has 0 fully saturated rings. The fourth-order valence-corrected chi connectivity index (χ4v) is 3.82. The van der Waals surface area contributed by atoms with E-state index >= 15 is 0 Å². The lowest BCUT2D eigenvalue weighted by atomic mass is 10.2. The highest BCUT2D eigenvalue weighted by Crippen LogP contribution is 2.26. The van der Waals surface area contributed by atoms with Crippen LogP contribution in [0.3, 0.4) is 0 Å². The summed E-state index contributed by atoms with van der Waals surface area (Å²) in [5.74, 6) is 0.393. The fraction of sp³-hybridized carbons (Fsp3) is 0.200. The van der Waals surface area contributed by atoms with Gasteiger partial charge in [-0.1, -0.05) is 23.7 Å². The molecule has 0 N–H and O–H groups in total. The SMILES string of the molecule is Cc1nc([N+](=O)[O-])c(Br)n1Cc1csc(Cc2ccc(Cl)cc2)n1. The number of thiazole rings is 1. The molecule has 0 unspecified atom stereocenters. The van der Waals surface area contributed by atoms with Gasteiger partial charge in [-0.2, -0.15) is 0 Å². The van der Waals surface area contributed by atoms with Crippen molar-refractivity contribution in [2.24, 2.45) is 0 Å². The van der Waals surface area contributed by atoms with Gasteiger partial charge in [0, 0.05) is 23.7 Å². The molecule has 1 aromatic carbocycles. The van der Waals surface area contributed by atoms with E-state index in [2.05, 4.69) is 25.9 Å². The molecule has 24 heavy (non-hydrogen) atoms. The number of imidazole rings is 1. The van der Waals surface area contributed by atoms with Crippen molar-refractivity contribution in [3.05, 3.63) is 71.5 Å². The summed E-state index contributed by atoms with van der Waals surface area (Å²) >= 11 is 10.7. The highest BCUT2D eigenvalue weighted by molar-refractivity contribution is 9.10. The monoisotopic (exact) mass is 426 g/mol. The lowest BCUT2D eigenvalue weighted by molar-refractivity contribution is -0.390. The van der Waals surface area contributed by atoms with E-state index in [-0.39, 0.29) is 5.82 Å². The number of rotatable bonds is 5. The standard InChI is InChI=1S/C15H12BrClN4O2S/c1-9-18-15(21(22)23)14(16)20(9)7-12-8-24-13(19-12)6-10-2-4-11(17)5-3-10/h2-5,8H,6-7H2,1H3. The number of benzene rings is 1. The number of nitrogens with zero attached hydrogens (tertiary/aromatic N) is 4. The van der Waals surface area contributed by atoms with Crippen molar-refractivity contribution < 1.29 is 4.92 Å². The van der Waals surface area contributed by atoms with E-state index in [4.69, 9.17) is 11.6 Å². The Morgan fingerprint density at radius 1 is 1.33 bits per heavy atom. The van der Waals surface area contributed by atoms with E-state index in [1.165, 1.54) is 0 Å². The molecule has 0 saturated heterocycles. The maximum atomic E-state index is 10.9. The number of aromatic nitrogens is 3. The largest absolute Gasteiger partial charge is 0.396 e. The third-order valence-electron chi connectivity index (χ3n) is 3.44. The third-order valence-corrected chi connectivity index (χ3v) is 5.37. The molecule has 9 heteroatoms. The van der Waals surface area contributed by atoms with Gasteiger partial charge in [-0.15, -0.1) is 11.3 Å². The lowest BCUT2D eigenvalue weighted by Gasteiger charge is -2.01. The summed E-state index contributed by atoms with van der Waals surface area (Å²) in [5, 5.41) is 14.6. The number of nitro groups is 1. The zero-order valence-electron chi connectivity index (χ0n) is 12.6. The predicted molar refractivity (Wildman–Crippen MR) is 96.8 cm³/mol. The molecular weight excluding hydrogens is 416 g/mol. The Kier molecular flexibility index (Phi) is 4.98. The second-order valence-corrected chi connectivity index (χ2v) is 7.28. The molecule has 0 amide bonds. The van der Waals surface area contributed by atoms with Crippen LogP contribution in [0.15, 0.2) is 34.2 Å². The van der Waals surface area contributed by atoms with E-state index in [1.54, 1.807) is 22.8 Å². The van der Waals surface area contributed by atoms with Crippen molar-refractivity contribution >= 4 is 44.7 Å². The Balaban J connectivity index is 1.77. The maximum absolute atomic E-state index is 10.9. The van der Waals surface area contributed by atoms with Crippen LogP contribution < -0.4 is 0 Å². The van der Waals surface area contributed by atoms with Crippen LogP contribution in [0.25, 0.3) is 0 Å². The minimum Gasteiger partial charge on any atom is -0.358 e. The minimum absolute atomic E-state index is 0.177. The Hall–Kier alpha value is -1.77. The number of hydrogen-bond donors (Lipinski definition) is 0. The van der Waals surface area contributed by atoms with Crippen LogP contribution in [-0.2, 0) is 13.0 Å². The molecule has 0 radical (unpaired) electrons. The molecule has 2 aromatic heterocycles. The van der Waals surface area contributed by atoms with E-state index < -0.39 is 4.92 Å².